The molecule has 0 heterocycles. The van der Waals surface area contributed by atoms with Gasteiger partial charge < -0.3 is 71.7 Å². The Bertz CT molecular complexity index is 155. The molecule has 15 nitrogen and oxygen atoms in total. The average molecular weight is 634 g/mol. The molecule has 0 rings (SSSR count). The molecule has 0 atom stereocenters. The quantitative estimate of drug-likeness (QED) is 0.245. The van der Waals surface area contributed by atoms with Crippen molar-refractivity contribution in [2.75, 3.05) is 0 Å². The van der Waals surface area contributed by atoms with E-state index in [9.17, 15) is 58.7 Å². The van der Waals surface area contributed by atoms with Gasteiger partial charge in [0, 0.05) is 0 Å². The summed E-state index contributed by atoms with van der Waals surface area (Å²) < 4.78 is 9.47. The van der Waals surface area contributed by atoms with Crippen LogP contribution in [0, 0.1) is 0 Å². The molecule has 0 unspecified atom stereocenters. The average Bonchev–Trinajstić information content (AvgIpc) is 2.10. The maximum atomic E-state index is 9.24. The fourth-order valence-corrected chi connectivity index (χ4v) is 1.47. The Morgan fingerprint density at radius 3 is 0.360 bits per heavy atom. The molecule has 0 amide bonds. The largest absolute Gasteiger partial charge is 3.00 e. The Morgan fingerprint density at radius 2 is 0.360 bits per heavy atom. The monoisotopic (exact) mass is 634 g/mol. The van der Waals surface area contributed by atoms with Gasteiger partial charge in [-0.25, -0.2) is 0 Å². The van der Waals surface area contributed by atoms with E-state index in [0.717, 1.165) is 0 Å². The SMILES string of the molecule is [Cr+3].[Cr+3].[Cr+3].[Cr+3].[O-]P([O-])OP([O-])[O-].[O-]P([O-])OP([O-])[O-].[O-]P([O-])OP([O-])[O-]. The molecule has 0 aromatic heterocycles. The van der Waals surface area contributed by atoms with E-state index < -0.39 is 51.6 Å². The van der Waals surface area contributed by atoms with Crippen molar-refractivity contribution in [1.29, 1.82) is 0 Å². The van der Waals surface area contributed by atoms with Gasteiger partial charge in [0.05, 0.1) is 0 Å². The zero-order valence-corrected chi connectivity index (χ0v) is 20.9. The fourth-order valence-electron chi connectivity index (χ4n) is 0.163. The summed E-state index contributed by atoms with van der Waals surface area (Å²) in [6.45, 7) is 0. The normalized spacial score (nSPS) is 9.36. The van der Waals surface area contributed by atoms with Gasteiger partial charge in [0.15, 0.2) is 0 Å². The Labute approximate surface area is 191 Å². The van der Waals surface area contributed by atoms with Crippen LogP contribution in [0.25, 0.3) is 0 Å². The minimum atomic E-state index is -3.24. The molecule has 0 spiro atoms. The molecule has 25 heavy (non-hydrogen) atoms. The van der Waals surface area contributed by atoms with Crippen LogP contribution in [-0.4, -0.2) is 0 Å². The van der Waals surface area contributed by atoms with E-state index >= 15 is 0 Å². The molecule has 0 bridgehead atoms. The summed E-state index contributed by atoms with van der Waals surface area (Å²) in [4.78, 5) is 111. The molecule has 4 radical (unpaired) electrons. The van der Waals surface area contributed by atoms with Crippen LogP contribution in [0.15, 0.2) is 0 Å². The van der Waals surface area contributed by atoms with Crippen LogP contribution >= 0.6 is 51.6 Å². The van der Waals surface area contributed by atoms with E-state index in [4.69, 9.17) is 0 Å². The molecule has 0 aliphatic heterocycles. The second-order valence-electron chi connectivity index (χ2n) is 1.59. The predicted molar refractivity (Wildman–Crippen MR) is 44.8 cm³/mol. The first-order valence-corrected chi connectivity index (χ1v) is 9.86. The van der Waals surface area contributed by atoms with Crippen molar-refractivity contribution in [3.63, 3.8) is 0 Å². The van der Waals surface area contributed by atoms with Gasteiger partial charge >= 0.3 is 69.4 Å². The van der Waals surface area contributed by atoms with Gasteiger partial charge in [0.2, 0.25) is 0 Å². The molecule has 0 saturated heterocycles. The summed E-state index contributed by atoms with van der Waals surface area (Å²) in [5.41, 5.74) is 0. The van der Waals surface area contributed by atoms with Gasteiger partial charge in [-0.05, 0) is 0 Å². The van der Waals surface area contributed by atoms with Gasteiger partial charge in [0.25, 0.3) is 0 Å². The molecule has 0 aromatic carbocycles. The van der Waals surface area contributed by atoms with Crippen LogP contribution < -0.4 is 58.7 Å². The second-order valence-corrected chi connectivity index (χ2v) is 6.23. The fraction of sp³-hybridized carbons (Fsp3) is 0. The Hall–Kier alpha value is 4.11. The maximum absolute atomic E-state index is 9.24. The van der Waals surface area contributed by atoms with E-state index in [1.54, 1.807) is 0 Å². The molecule has 144 valence electrons. The molecule has 0 aliphatic carbocycles. The summed E-state index contributed by atoms with van der Waals surface area (Å²) in [6, 6.07) is 0. The van der Waals surface area contributed by atoms with Crippen molar-refractivity contribution in [1.82, 2.24) is 0 Å². The Balaban J connectivity index is -0.0000000360. The van der Waals surface area contributed by atoms with Crippen molar-refractivity contribution in [2.45, 2.75) is 0 Å². The van der Waals surface area contributed by atoms with Crippen LogP contribution in [0.3, 0.4) is 0 Å². The maximum Gasteiger partial charge on any atom is 3.00 e. The van der Waals surface area contributed by atoms with Gasteiger partial charge in [0.1, 0.15) is 0 Å². The zero-order valence-electron chi connectivity index (χ0n) is 10.4. The molecule has 0 aromatic rings. The summed E-state index contributed by atoms with van der Waals surface area (Å²) >= 11 is 0. The van der Waals surface area contributed by atoms with E-state index in [0.29, 0.717) is 0 Å². The van der Waals surface area contributed by atoms with Gasteiger partial charge in [-0.1, -0.05) is 0 Å². The predicted octanol–water partition coefficient (Wildman–Crippen LogP) is -9.32. The summed E-state index contributed by atoms with van der Waals surface area (Å²) in [5.74, 6) is 0. The number of hydrogen-bond donors (Lipinski definition) is 0. The van der Waals surface area contributed by atoms with Gasteiger partial charge in [-0.15, -0.1) is 0 Å². The minimum Gasteiger partial charge on any atom is -0.820 e. The topological polar surface area (TPSA) is 304 Å². The molecule has 0 saturated carbocycles. The van der Waals surface area contributed by atoms with Crippen molar-refractivity contribution < 1.29 is 141 Å². The first kappa shape index (κ1) is 47.1. The molecular weight excluding hydrogens is 634 g/mol. The zero-order chi connectivity index (χ0) is 17.6. The standard InChI is InChI=1S/4Cr.3O5P2/c;;;;3*1-6(2)5-7(3)4/q4*+3;3*-4. The van der Waals surface area contributed by atoms with Crippen molar-refractivity contribution in [3.8, 4) is 0 Å². The summed E-state index contributed by atoms with van der Waals surface area (Å²) in [5, 5.41) is 0. The summed E-state index contributed by atoms with van der Waals surface area (Å²) in [6.07, 6.45) is 0. The summed E-state index contributed by atoms with van der Waals surface area (Å²) in [7, 11) is -19.4. The van der Waals surface area contributed by atoms with Crippen LogP contribution in [0.5, 0.6) is 0 Å². The van der Waals surface area contributed by atoms with Crippen molar-refractivity contribution in [3.05, 3.63) is 0 Å². The first-order chi connectivity index (χ1) is 9.38. The van der Waals surface area contributed by atoms with E-state index in [2.05, 4.69) is 12.9 Å². The van der Waals surface area contributed by atoms with Crippen LogP contribution in [0.2, 0.25) is 0 Å². The third kappa shape index (κ3) is 73.8. The van der Waals surface area contributed by atoms with Gasteiger partial charge in [-0.3, -0.25) is 0 Å². The molecule has 0 fully saturated rings. The first-order valence-electron chi connectivity index (χ1n) is 3.29. The van der Waals surface area contributed by atoms with Crippen LogP contribution in [-0.2, 0) is 82.4 Å². The smallest absolute Gasteiger partial charge is 0.820 e. The van der Waals surface area contributed by atoms with Crippen LogP contribution in [0.4, 0.5) is 0 Å². The third-order valence-electron chi connectivity index (χ3n) is 0.400. The van der Waals surface area contributed by atoms with E-state index in [1.165, 1.54) is 0 Å². The number of hydrogen-bond acceptors (Lipinski definition) is 15. The molecule has 0 N–H and O–H groups in total. The van der Waals surface area contributed by atoms with Crippen molar-refractivity contribution >= 4 is 51.6 Å². The second kappa shape index (κ2) is 32.8. The third-order valence-corrected chi connectivity index (χ3v) is 3.60. The van der Waals surface area contributed by atoms with Crippen molar-refractivity contribution in [2.24, 2.45) is 0 Å². The minimum absolute atomic E-state index is 0. The van der Waals surface area contributed by atoms with Gasteiger partial charge in [-0.2, -0.15) is 51.6 Å². The molecular formula is Cr4O15P6. The molecule has 0 aliphatic rings. The number of rotatable bonds is 6. The Morgan fingerprint density at radius 1 is 0.280 bits per heavy atom. The van der Waals surface area contributed by atoms with E-state index in [-0.39, 0.29) is 69.4 Å². The van der Waals surface area contributed by atoms with E-state index in [1.807, 2.05) is 0 Å². The van der Waals surface area contributed by atoms with Crippen LogP contribution in [0.1, 0.15) is 0 Å². The molecule has 25 heteroatoms. The Kier molecular flexibility index (Phi) is 61.7.